The minimum absolute atomic E-state index is 0.00360. The van der Waals surface area contributed by atoms with Crippen molar-refractivity contribution < 1.29 is 28.5 Å². The van der Waals surface area contributed by atoms with E-state index in [1.165, 1.54) is 7.11 Å². The highest BCUT2D eigenvalue weighted by atomic mass is 16.7. The number of carbonyl (C=O) groups is 2. The fraction of sp³-hybridized carbons (Fsp3) is 0.391. The number of benzene rings is 2. The normalized spacial score (nSPS) is 19.4. The lowest BCUT2D eigenvalue weighted by molar-refractivity contribution is -0.134. The number of rotatable bonds is 7. The number of carbonyl (C=O) groups excluding carboxylic acids is 2. The zero-order valence-electron chi connectivity index (χ0n) is 17.6. The Balaban J connectivity index is 1.49. The van der Waals surface area contributed by atoms with E-state index in [9.17, 15) is 9.59 Å². The van der Waals surface area contributed by atoms with Crippen molar-refractivity contribution in [2.75, 3.05) is 40.7 Å². The van der Waals surface area contributed by atoms with Crippen LogP contribution in [-0.2, 0) is 20.9 Å². The Kier molecular flexibility index (Phi) is 6.27. The third kappa shape index (κ3) is 4.59. The van der Waals surface area contributed by atoms with Crippen LogP contribution in [0.25, 0.3) is 0 Å². The van der Waals surface area contributed by atoms with Gasteiger partial charge in [-0.2, -0.15) is 0 Å². The van der Waals surface area contributed by atoms with Crippen molar-refractivity contribution in [1.29, 1.82) is 0 Å². The molecule has 2 aromatic rings. The van der Waals surface area contributed by atoms with Gasteiger partial charge in [0.05, 0.1) is 13.0 Å². The largest absolute Gasteiger partial charge is 0.497 e. The van der Waals surface area contributed by atoms with Crippen molar-refractivity contribution in [2.24, 2.45) is 5.92 Å². The van der Waals surface area contributed by atoms with Crippen LogP contribution in [0, 0.1) is 5.92 Å². The summed E-state index contributed by atoms with van der Waals surface area (Å²) < 4.78 is 21.1. The third-order valence-corrected chi connectivity index (χ3v) is 5.70. The molecule has 2 aromatic carbocycles. The second kappa shape index (κ2) is 9.26. The SMILES string of the molecule is COCC(=O)N1CC(C(=O)NCc2ccc3c(c2)OCO3)C(c2cccc(OC)c2)C1. The van der Waals surface area contributed by atoms with E-state index in [-0.39, 0.29) is 37.0 Å². The fourth-order valence-electron chi connectivity index (χ4n) is 4.07. The summed E-state index contributed by atoms with van der Waals surface area (Å²) in [7, 11) is 3.10. The summed E-state index contributed by atoms with van der Waals surface area (Å²) in [5.41, 5.74) is 1.89. The molecule has 0 spiro atoms. The number of likely N-dealkylation sites (tertiary alicyclic amines) is 1. The molecule has 31 heavy (non-hydrogen) atoms. The molecule has 2 heterocycles. The van der Waals surface area contributed by atoms with E-state index in [1.54, 1.807) is 12.0 Å². The Bertz CT molecular complexity index is 963. The van der Waals surface area contributed by atoms with Crippen LogP contribution in [0.4, 0.5) is 0 Å². The van der Waals surface area contributed by atoms with E-state index in [0.29, 0.717) is 31.1 Å². The molecule has 4 rings (SSSR count). The molecule has 8 nitrogen and oxygen atoms in total. The Labute approximate surface area is 181 Å². The molecule has 2 atom stereocenters. The molecule has 2 aliphatic heterocycles. The zero-order chi connectivity index (χ0) is 21.8. The Morgan fingerprint density at radius 2 is 1.94 bits per heavy atom. The van der Waals surface area contributed by atoms with E-state index in [4.69, 9.17) is 18.9 Å². The van der Waals surface area contributed by atoms with Crippen LogP contribution in [0.5, 0.6) is 17.2 Å². The molecule has 1 fully saturated rings. The summed E-state index contributed by atoms with van der Waals surface area (Å²) in [5.74, 6) is 1.38. The molecule has 8 heteroatoms. The van der Waals surface area contributed by atoms with Crippen molar-refractivity contribution in [3.63, 3.8) is 0 Å². The molecular weight excluding hydrogens is 400 g/mol. The Morgan fingerprint density at radius 1 is 1.10 bits per heavy atom. The minimum Gasteiger partial charge on any atom is -0.497 e. The van der Waals surface area contributed by atoms with Crippen molar-refractivity contribution in [3.05, 3.63) is 53.6 Å². The molecule has 0 aliphatic carbocycles. The van der Waals surface area contributed by atoms with Gasteiger partial charge in [-0.3, -0.25) is 9.59 Å². The van der Waals surface area contributed by atoms with Crippen molar-refractivity contribution in [1.82, 2.24) is 10.2 Å². The van der Waals surface area contributed by atoms with E-state index in [1.807, 2.05) is 42.5 Å². The molecular formula is C23H26N2O6. The van der Waals surface area contributed by atoms with Crippen LogP contribution in [0.15, 0.2) is 42.5 Å². The first-order chi connectivity index (χ1) is 15.1. The smallest absolute Gasteiger partial charge is 0.248 e. The third-order valence-electron chi connectivity index (χ3n) is 5.70. The number of methoxy groups -OCH3 is 2. The van der Waals surface area contributed by atoms with Gasteiger partial charge in [0.15, 0.2) is 11.5 Å². The first kappa shape index (κ1) is 21.0. The summed E-state index contributed by atoms with van der Waals surface area (Å²) in [5, 5.41) is 3.02. The zero-order valence-corrected chi connectivity index (χ0v) is 17.6. The summed E-state index contributed by atoms with van der Waals surface area (Å²) in [4.78, 5) is 27.3. The second-order valence-electron chi connectivity index (χ2n) is 7.63. The van der Waals surface area contributed by atoms with Gasteiger partial charge in [0, 0.05) is 32.7 Å². The standard InChI is InChI=1S/C23H26N2O6/c1-28-13-22(26)25-11-18(16-4-3-5-17(9-16)29-2)19(12-25)23(27)24-10-15-6-7-20-21(8-15)31-14-30-20/h3-9,18-19H,10-14H2,1-2H3,(H,24,27). The number of amides is 2. The van der Waals surface area contributed by atoms with Crippen LogP contribution in [0.3, 0.4) is 0 Å². The van der Waals surface area contributed by atoms with Gasteiger partial charge in [-0.25, -0.2) is 0 Å². The maximum Gasteiger partial charge on any atom is 0.248 e. The summed E-state index contributed by atoms with van der Waals surface area (Å²) in [6.07, 6.45) is 0. The topological polar surface area (TPSA) is 86.3 Å². The van der Waals surface area contributed by atoms with Crippen LogP contribution < -0.4 is 19.5 Å². The highest BCUT2D eigenvalue weighted by molar-refractivity contribution is 5.83. The molecule has 1 saturated heterocycles. The van der Waals surface area contributed by atoms with Crippen molar-refractivity contribution in [2.45, 2.75) is 12.5 Å². The van der Waals surface area contributed by atoms with Gasteiger partial charge in [-0.05, 0) is 35.4 Å². The summed E-state index contributed by atoms with van der Waals surface area (Å²) in [6.45, 7) is 1.37. The number of hydrogen-bond donors (Lipinski definition) is 1. The van der Waals surface area contributed by atoms with Gasteiger partial charge in [-0.15, -0.1) is 0 Å². The second-order valence-corrected chi connectivity index (χ2v) is 7.63. The maximum atomic E-state index is 13.1. The quantitative estimate of drug-likeness (QED) is 0.728. The minimum atomic E-state index is -0.373. The van der Waals surface area contributed by atoms with E-state index >= 15 is 0 Å². The molecule has 2 aliphatic rings. The average Bonchev–Trinajstić information content (AvgIpc) is 3.44. The molecule has 0 radical (unpaired) electrons. The van der Waals surface area contributed by atoms with Crippen molar-refractivity contribution >= 4 is 11.8 Å². The van der Waals surface area contributed by atoms with Gasteiger partial charge in [0.1, 0.15) is 12.4 Å². The molecule has 2 amide bonds. The predicted octanol–water partition coefficient (Wildman–Crippen LogP) is 1.93. The molecule has 0 bridgehead atoms. The highest BCUT2D eigenvalue weighted by Gasteiger charge is 2.40. The highest BCUT2D eigenvalue weighted by Crippen LogP contribution is 2.35. The lowest BCUT2D eigenvalue weighted by Gasteiger charge is -2.19. The van der Waals surface area contributed by atoms with Gasteiger partial charge >= 0.3 is 0 Å². The first-order valence-corrected chi connectivity index (χ1v) is 10.2. The number of hydrogen-bond acceptors (Lipinski definition) is 6. The van der Waals surface area contributed by atoms with E-state index in [0.717, 1.165) is 16.9 Å². The average molecular weight is 426 g/mol. The predicted molar refractivity (Wildman–Crippen MR) is 112 cm³/mol. The molecule has 0 saturated carbocycles. The van der Waals surface area contributed by atoms with Crippen LogP contribution in [0.1, 0.15) is 17.0 Å². The van der Waals surface area contributed by atoms with Gasteiger partial charge in [0.25, 0.3) is 0 Å². The van der Waals surface area contributed by atoms with Gasteiger partial charge < -0.3 is 29.2 Å². The van der Waals surface area contributed by atoms with Gasteiger partial charge in [-0.1, -0.05) is 18.2 Å². The number of fused-ring (bicyclic) bond motifs is 1. The number of ether oxygens (including phenoxy) is 4. The maximum absolute atomic E-state index is 13.1. The Hall–Kier alpha value is -3.26. The summed E-state index contributed by atoms with van der Waals surface area (Å²) in [6, 6.07) is 13.3. The summed E-state index contributed by atoms with van der Waals surface area (Å²) >= 11 is 0. The van der Waals surface area contributed by atoms with Crippen LogP contribution >= 0.6 is 0 Å². The fourth-order valence-corrected chi connectivity index (χ4v) is 4.07. The van der Waals surface area contributed by atoms with Gasteiger partial charge in [0.2, 0.25) is 18.6 Å². The monoisotopic (exact) mass is 426 g/mol. The number of nitrogens with one attached hydrogen (secondary N) is 1. The van der Waals surface area contributed by atoms with E-state index in [2.05, 4.69) is 5.32 Å². The van der Waals surface area contributed by atoms with Crippen molar-refractivity contribution in [3.8, 4) is 17.2 Å². The molecule has 2 unspecified atom stereocenters. The lowest BCUT2D eigenvalue weighted by Crippen LogP contribution is -2.36. The lowest BCUT2D eigenvalue weighted by atomic mass is 9.88. The Morgan fingerprint density at radius 3 is 2.74 bits per heavy atom. The van der Waals surface area contributed by atoms with Crippen LogP contribution in [0.2, 0.25) is 0 Å². The molecule has 0 aromatic heterocycles. The number of nitrogens with zero attached hydrogens (tertiary/aromatic N) is 1. The molecule has 1 N–H and O–H groups in total. The van der Waals surface area contributed by atoms with Crippen LogP contribution in [-0.4, -0.2) is 57.4 Å². The first-order valence-electron chi connectivity index (χ1n) is 10.2. The van der Waals surface area contributed by atoms with E-state index < -0.39 is 0 Å². The molecule has 164 valence electrons.